The van der Waals surface area contributed by atoms with Crippen LogP contribution in [0.3, 0.4) is 0 Å². The number of esters is 1. The first kappa shape index (κ1) is 15.9. The maximum Gasteiger partial charge on any atom is 0.307 e. The van der Waals surface area contributed by atoms with Gasteiger partial charge in [0, 0.05) is 19.1 Å². The second-order valence-corrected chi connectivity index (χ2v) is 4.08. The van der Waals surface area contributed by atoms with Gasteiger partial charge in [0.1, 0.15) is 0 Å². The molecule has 0 saturated heterocycles. The van der Waals surface area contributed by atoms with E-state index in [1.54, 1.807) is 4.90 Å². The molecule has 1 N–H and O–H groups in total. The predicted octanol–water partition coefficient (Wildman–Crippen LogP) is 0.785. The Balaban J connectivity index is 4.19. The molecule has 0 spiro atoms. The number of hydrogen-bond donors (Lipinski definition) is 1. The number of likely N-dealkylation sites (N-methyl/N-ethyl adjacent to an activating group) is 1. The lowest BCUT2D eigenvalue weighted by molar-refractivity contribution is -0.141. The topological polar surface area (TPSA) is 58.6 Å². The quantitative estimate of drug-likeness (QED) is 0.673. The largest absolute Gasteiger partial charge is 0.469 e. The van der Waals surface area contributed by atoms with E-state index in [-0.39, 0.29) is 30.4 Å². The maximum atomic E-state index is 11.9. The third-order valence-electron chi connectivity index (χ3n) is 2.68. The molecule has 0 aliphatic heterocycles. The van der Waals surface area contributed by atoms with Crippen molar-refractivity contribution in [3.8, 4) is 0 Å². The first-order valence-electron chi connectivity index (χ1n) is 6.07. The van der Waals surface area contributed by atoms with Crippen LogP contribution >= 0.6 is 0 Å². The lowest BCUT2D eigenvalue weighted by atomic mass is 10.2. The normalized spacial score (nSPS) is 13.9. The van der Waals surface area contributed by atoms with Gasteiger partial charge in [-0.25, -0.2) is 0 Å². The fourth-order valence-corrected chi connectivity index (χ4v) is 1.70. The second kappa shape index (κ2) is 8.06. The highest BCUT2D eigenvalue weighted by Crippen LogP contribution is 1.99. The molecule has 0 fully saturated rings. The smallest absolute Gasteiger partial charge is 0.307 e. The van der Waals surface area contributed by atoms with E-state index >= 15 is 0 Å². The van der Waals surface area contributed by atoms with Crippen LogP contribution in [0.4, 0.5) is 0 Å². The van der Waals surface area contributed by atoms with Crippen LogP contribution in [0.2, 0.25) is 0 Å². The third kappa shape index (κ3) is 5.68. The van der Waals surface area contributed by atoms with E-state index in [1.165, 1.54) is 7.11 Å². The molecule has 2 atom stereocenters. The number of methoxy groups -OCH3 is 1. The highest BCUT2D eigenvalue weighted by molar-refractivity contribution is 5.81. The molecule has 0 rings (SSSR count). The van der Waals surface area contributed by atoms with Gasteiger partial charge in [-0.2, -0.15) is 0 Å². The Morgan fingerprint density at radius 1 is 1.24 bits per heavy atom. The number of amides is 1. The summed E-state index contributed by atoms with van der Waals surface area (Å²) in [4.78, 5) is 24.8. The number of carbonyl (C=O) groups excluding carboxylic acids is 2. The molecule has 0 aliphatic rings. The van der Waals surface area contributed by atoms with Gasteiger partial charge in [0.15, 0.2) is 0 Å². The molecule has 0 aromatic rings. The van der Waals surface area contributed by atoms with Gasteiger partial charge in [-0.05, 0) is 27.7 Å². The molecule has 0 heterocycles. The summed E-state index contributed by atoms with van der Waals surface area (Å²) in [5.74, 6) is -0.209. The SMILES string of the molecule is CCN(CC)C(=O)C(C)NC(C)CC(=O)OC. The van der Waals surface area contributed by atoms with Crippen LogP contribution in [-0.4, -0.2) is 49.1 Å². The minimum Gasteiger partial charge on any atom is -0.469 e. The lowest BCUT2D eigenvalue weighted by Gasteiger charge is -2.25. The molecule has 0 saturated carbocycles. The Bertz CT molecular complexity index is 252. The van der Waals surface area contributed by atoms with Gasteiger partial charge in [0.25, 0.3) is 0 Å². The van der Waals surface area contributed by atoms with E-state index in [0.717, 1.165) is 0 Å². The van der Waals surface area contributed by atoms with E-state index in [0.29, 0.717) is 13.1 Å². The van der Waals surface area contributed by atoms with Crippen LogP contribution in [0, 0.1) is 0 Å². The molecule has 5 nitrogen and oxygen atoms in total. The summed E-state index contributed by atoms with van der Waals surface area (Å²) in [7, 11) is 1.36. The number of hydrogen-bond acceptors (Lipinski definition) is 4. The van der Waals surface area contributed by atoms with E-state index < -0.39 is 0 Å². The van der Waals surface area contributed by atoms with Crippen LogP contribution in [-0.2, 0) is 14.3 Å². The van der Waals surface area contributed by atoms with Gasteiger partial charge in [0.2, 0.25) is 5.91 Å². The predicted molar refractivity (Wildman–Crippen MR) is 66.6 cm³/mol. The van der Waals surface area contributed by atoms with Gasteiger partial charge in [-0.15, -0.1) is 0 Å². The average Bonchev–Trinajstić information content (AvgIpc) is 2.29. The van der Waals surface area contributed by atoms with E-state index in [9.17, 15) is 9.59 Å². The Morgan fingerprint density at radius 2 is 1.76 bits per heavy atom. The molecule has 0 aromatic carbocycles. The Kier molecular flexibility index (Phi) is 7.54. The molecule has 0 aromatic heterocycles. The minimum atomic E-state index is -0.283. The minimum absolute atomic E-state index is 0.0618. The summed E-state index contributed by atoms with van der Waals surface area (Å²) < 4.78 is 4.58. The van der Waals surface area contributed by atoms with Crippen molar-refractivity contribution >= 4 is 11.9 Å². The molecular formula is C12H24N2O3. The Labute approximate surface area is 103 Å². The molecule has 0 radical (unpaired) electrons. The Morgan fingerprint density at radius 3 is 2.18 bits per heavy atom. The molecule has 0 bridgehead atoms. The third-order valence-corrected chi connectivity index (χ3v) is 2.68. The first-order chi connectivity index (χ1) is 7.96. The number of rotatable bonds is 7. The zero-order valence-corrected chi connectivity index (χ0v) is 11.4. The molecule has 100 valence electrons. The molecule has 17 heavy (non-hydrogen) atoms. The summed E-state index contributed by atoms with van der Waals surface area (Å²) in [5, 5.41) is 3.10. The number of carbonyl (C=O) groups is 2. The van der Waals surface area contributed by atoms with Gasteiger partial charge >= 0.3 is 5.97 Å². The van der Waals surface area contributed by atoms with E-state index in [1.807, 2.05) is 27.7 Å². The van der Waals surface area contributed by atoms with Crippen molar-refractivity contribution < 1.29 is 14.3 Å². The van der Waals surface area contributed by atoms with Gasteiger partial charge in [-0.3, -0.25) is 9.59 Å². The van der Waals surface area contributed by atoms with Crippen molar-refractivity contribution in [3.63, 3.8) is 0 Å². The van der Waals surface area contributed by atoms with Crippen molar-refractivity contribution in [2.24, 2.45) is 0 Å². The molecule has 2 unspecified atom stereocenters. The zero-order chi connectivity index (χ0) is 13.4. The molecule has 0 aliphatic carbocycles. The van der Waals surface area contributed by atoms with Crippen LogP contribution in [0.15, 0.2) is 0 Å². The summed E-state index contributed by atoms with van der Waals surface area (Å²) in [6.07, 6.45) is 0.270. The zero-order valence-electron chi connectivity index (χ0n) is 11.4. The number of nitrogens with zero attached hydrogens (tertiary/aromatic N) is 1. The summed E-state index contributed by atoms with van der Waals surface area (Å²) in [6, 6.07) is -0.355. The number of nitrogens with one attached hydrogen (secondary N) is 1. The van der Waals surface area contributed by atoms with E-state index in [4.69, 9.17) is 0 Å². The highest BCUT2D eigenvalue weighted by Gasteiger charge is 2.20. The van der Waals surface area contributed by atoms with Crippen LogP contribution in [0.5, 0.6) is 0 Å². The average molecular weight is 244 g/mol. The number of ether oxygens (including phenoxy) is 1. The van der Waals surface area contributed by atoms with Crippen LogP contribution in [0.25, 0.3) is 0 Å². The van der Waals surface area contributed by atoms with Crippen LogP contribution in [0.1, 0.15) is 34.1 Å². The van der Waals surface area contributed by atoms with Crippen molar-refractivity contribution in [2.75, 3.05) is 20.2 Å². The highest BCUT2D eigenvalue weighted by atomic mass is 16.5. The molecule has 1 amide bonds. The van der Waals surface area contributed by atoms with Crippen molar-refractivity contribution in [1.29, 1.82) is 0 Å². The summed E-state index contributed by atoms with van der Waals surface area (Å²) >= 11 is 0. The monoisotopic (exact) mass is 244 g/mol. The lowest BCUT2D eigenvalue weighted by Crippen LogP contribution is -2.48. The van der Waals surface area contributed by atoms with Gasteiger partial charge in [-0.1, -0.05) is 0 Å². The fourth-order valence-electron chi connectivity index (χ4n) is 1.70. The van der Waals surface area contributed by atoms with Crippen LogP contribution < -0.4 is 5.32 Å². The van der Waals surface area contributed by atoms with Gasteiger partial charge in [0.05, 0.1) is 19.6 Å². The van der Waals surface area contributed by atoms with E-state index in [2.05, 4.69) is 10.1 Å². The van der Waals surface area contributed by atoms with Crippen molar-refractivity contribution in [3.05, 3.63) is 0 Å². The molecular weight excluding hydrogens is 220 g/mol. The Hall–Kier alpha value is -1.10. The second-order valence-electron chi connectivity index (χ2n) is 4.08. The van der Waals surface area contributed by atoms with Crippen molar-refractivity contribution in [2.45, 2.75) is 46.2 Å². The summed E-state index contributed by atoms with van der Waals surface area (Å²) in [5.41, 5.74) is 0. The summed E-state index contributed by atoms with van der Waals surface area (Å²) in [6.45, 7) is 8.98. The van der Waals surface area contributed by atoms with Crippen molar-refractivity contribution in [1.82, 2.24) is 10.2 Å². The van der Waals surface area contributed by atoms with Gasteiger partial charge < -0.3 is 15.0 Å². The maximum absolute atomic E-state index is 11.9. The fraction of sp³-hybridized carbons (Fsp3) is 0.833. The first-order valence-corrected chi connectivity index (χ1v) is 6.07. The molecule has 5 heteroatoms. The standard InChI is InChI=1S/C12H24N2O3/c1-6-14(7-2)12(16)10(4)13-9(3)8-11(15)17-5/h9-10,13H,6-8H2,1-5H3.